The highest BCUT2D eigenvalue weighted by Crippen LogP contribution is 2.43. The fourth-order valence-electron chi connectivity index (χ4n) is 3.81. The summed E-state index contributed by atoms with van der Waals surface area (Å²) >= 11 is 0. The van der Waals surface area contributed by atoms with Crippen molar-refractivity contribution in [2.24, 2.45) is 0 Å². The van der Waals surface area contributed by atoms with Crippen LogP contribution in [0.2, 0.25) is 0 Å². The van der Waals surface area contributed by atoms with Crippen LogP contribution in [-0.2, 0) is 18.8 Å². The zero-order chi connectivity index (χ0) is 20.4. The molecular weight excluding hydrogens is 362 g/mol. The van der Waals surface area contributed by atoms with Gasteiger partial charge in [0.25, 0.3) is 0 Å². The molecule has 0 saturated heterocycles. The molecule has 0 bridgehead atoms. The van der Waals surface area contributed by atoms with Crippen LogP contribution in [0.15, 0.2) is 72.8 Å². The third-order valence-corrected chi connectivity index (χ3v) is 5.53. The van der Waals surface area contributed by atoms with Crippen LogP contribution in [0, 0.1) is 0 Å². The molecule has 1 unspecified atom stereocenters. The lowest BCUT2D eigenvalue weighted by molar-refractivity contribution is 0.281. The van der Waals surface area contributed by atoms with E-state index in [1.807, 2.05) is 60.7 Å². The molecule has 1 aliphatic heterocycles. The second-order valence-electron chi connectivity index (χ2n) is 7.51. The minimum absolute atomic E-state index is 0.0305. The Morgan fingerprint density at radius 1 is 0.862 bits per heavy atom. The number of aliphatic hydroxyl groups is 2. The second kappa shape index (κ2) is 7.74. The molecule has 4 nitrogen and oxygen atoms in total. The first-order valence-corrected chi connectivity index (χ1v) is 9.66. The summed E-state index contributed by atoms with van der Waals surface area (Å²) in [5, 5.41) is 22.4. The van der Waals surface area contributed by atoms with Gasteiger partial charge in [-0.1, -0.05) is 48.5 Å². The molecule has 0 fully saturated rings. The molecule has 1 aliphatic rings. The third-order valence-electron chi connectivity index (χ3n) is 5.53. The van der Waals surface area contributed by atoms with Gasteiger partial charge in [0.1, 0.15) is 5.75 Å². The summed E-state index contributed by atoms with van der Waals surface area (Å²) in [6.07, 6.45) is 2.24. The van der Waals surface area contributed by atoms with Crippen LogP contribution in [0.4, 0.5) is 5.69 Å². The van der Waals surface area contributed by atoms with Crippen molar-refractivity contribution in [1.29, 1.82) is 0 Å². The summed E-state index contributed by atoms with van der Waals surface area (Å²) in [4.78, 5) is 0. The second-order valence-corrected chi connectivity index (χ2v) is 7.51. The zero-order valence-electron chi connectivity index (χ0n) is 16.6. The Bertz CT molecular complexity index is 1040. The largest absolute Gasteiger partial charge is 0.497 e. The van der Waals surface area contributed by atoms with E-state index in [2.05, 4.69) is 24.4 Å². The number of hydrogen-bond donors (Lipinski definition) is 3. The van der Waals surface area contributed by atoms with E-state index in [1.54, 1.807) is 7.11 Å². The lowest BCUT2D eigenvalue weighted by Gasteiger charge is -2.36. The molecule has 1 atom stereocenters. The molecule has 4 heteroatoms. The van der Waals surface area contributed by atoms with Gasteiger partial charge in [0.2, 0.25) is 0 Å². The average molecular weight is 387 g/mol. The summed E-state index contributed by atoms with van der Waals surface area (Å²) in [7, 11) is 1.67. The number of anilines is 1. The Hall–Kier alpha value is -3.08. The van der Waals surface area contributed by atoms with E-state index in [1.165, 1.54) is 0 Å². The van der Waals surface area contributed by atoms with Gasteiger partial charge in [-0.3, -0.25) is 0 Å². The summed E-state index contributed by atoms with van der Waals surface area (Å²) in [5.41, 5.74) is 6.77. The Balaban J connectivity index is 1.86. The van der Waals surface area contributed by atoms with Crippen LogP contribution in [0.25, 0.3) is 5.57 Å². The van der Waals surface area contributed by atoms with Crippen LogP contribution < -0.4 is 10.1 Å². The number of aliphatic hydroxyl groups excluding tert-OH is 2. The summed E-state index contributed by atoms with van der Waals surface area (Å²) < 4.78 is 5.44. The van der Waals surface area contributed by atoms with E-state index < -0.39 is 5.54 Å². The maximum atomic E-state index is 9.37. The number of fused-ring (bicyclic) bond motifs is 1. The van der Waals surface area contributed by atoms with Crippen molar-refractivity contribution in [2.75, 3.05) is 12.4 Å². The lowest BCUT2D eigenvalue weighted by atomic mass is 9.81. The van der Waals surface area contributed by atoms with Gasteiger partial charge in [0.15, 0.2) is 0 Å². The Morgan fingerprint density at radius 2 is 1.48 bits per heavy atom. The van der Waals surface area contributed by atoms with E-state index >= 15 is 0 Å². The van der Waals surface area contributed by atoms with E-state index in [0.29, 0.717) is 0 Å². The number of rotatable bonds is 5. The maximum absolute atomic E-state index is 9.37. The average Bonchev–Trinajstić information content (AvgIpc) is 2.78. The van der Waals surface area contributed by atoms with Gasteiger partial charge in [-0.25, -0.2) is 0 Å². The van der Waals surface area contributed by atoms with Gasteiger partial charge in [-0.2, -0.15) is 0 Å². The normalized spacial score (nSPS) is 17.9. The van der Waals surface area contributed by atoms with Crippen molar-refractivity contribution in [1.82, 2.24) is 0 Å². The molecule has 1 heterocycles. The first-order chi connectivity index (χ1) is 14.1. The predicted octanol–water partition coefficient (Wildman–Crippen LogP) is 4.45. The molecule has 0 radical (unpaired) electrons. The molecule has 0 saturated carbocycles. The molecule has 29 heavy (non-hydrogen) atoms. The highest BCUT2D eigenvalue weighted by Gasteiger charge is 2.31. The third kappa shape index (κ3) is 3.65. The summed E-state index contributed by atoms with van der Waals surface area (Å²) in [6.45, 7) is 2.21. The predicted molar refractivity (Wildman–Crippen MR) is 116 cm³/mol. The monoisotopic (exact) mass is 387 g/mol. The summed E-state index contributed by atoms with van der Waals surface area (Å²) in [6, 6.07) is 22.1. The highest BCUT2D eigenvalue weighted by atomic mass is 16.5. The Labute approximate surface area is 171 Å². The zero-order valence-corrected chi connectivity index (χ0v) is 16.6. The minimum atomic E-state index is -0.432. The molecular formula is C25H25NO3. The fourth-order valence-corrected chi connectivity index (χ4v) is 3.81. The molecule has 4 rings (SSSR count). The quantitative estimate of drug-likeness (QED) is 0.605. The summed E-state index contributed by atoms with van der Waals surface area (Å²) in [5.74, 6) is 0.797. The molecule has 3 aromatic rings. The smallest absolute Gasteiger partial charge is 0.120 e. The van der Waals surface area contributed by atoms with Crippen molar-refractivity contribution in [2.45, 2.75) is 25.7 Å². The minimum Gasteiger partial charge on any atom is -0.497 e. The van der Waals surface area contributed by atoms with Crippen LogP contribution in [-0.4, -0.2) is 17.3 Å². The maximum Gasteiger partial charge on any atom is 0.120 e. The Kier molecular flexibility index (Phi) is 5.14. The first-order valence-electron chi connectivity index (χ1n) is 9.66. The van der Waals surface area contributed by atoms with Crippen LogP contribution in [0.1, 0.15) is 34.7 Å². The van der Waals surface area contributed by atoms with Gasteiger partial charge in [-0.05, 0) is 53.0 Å². The van der Waals surface area contributed by atoms with Gasteiger partial charge < -0.3 is 20.3 Å². The van der Waals surface area contributed by atoms with Gasteiger partial charge in [0.05, 0.1) is 25.9 Å². The standard InChI is InChI=1S/C25H25NO3/c1-25(20-9-5-18(16-28)6-10-20)14-23(19-7-3-17(15-27)4-8-19)22-12-11-21(29-2)13-24(22)26-25/h3-14,26-28H,15-16H2,1-2H3. The topological polar surface area (TPSA) is 61.7 Å². The van der Waals surface area contributed by atoms with Crippen LogP contribution >= 0.6 is 0 Å². The molecule has 0 aliphatic carbocycles. The van der Waals surface area contributed by atoms with Gasteiger partial charge >= 0.3 is 0 Å². The molecule has 3 N–H and O–H groups in total. The molecule has 3 aromatic carbocycles. The molecule has 148 valence electrons. The van der Waals surface area contributed by atoms with E-state index in [-0.39, 0.29) is 13.2 Å². The lowest BCUT2D eigenvalue weighted by Crippen LogP contribution is -2.33. The molecule has 0 aromatic heterocycles. The van der Waals surface area contributed by atoms with Gasteiger partial charge in [0, 0.05) is 17.3 Å². The first kappa shape index (κ1) is 19.2. The van der Waals surface area contributed by atoms with Crippen molar-refractivity contribution >= 4 is 11.3 Å². The van der Waals surface area contributed by atoms with E-state index in [9.17, 15) is 10.2 Å². The number of methoxy groups -OCH3 is 1. The van der Waals surface area contributed by atoms with Crippen molar-refractivity contribution in [3.8, 4) is 5.75 Å². The van der Waals surface area contributed by atoms with Crippen molar-refractivity contribution < 1.29 is 14.9 Å². The number of hydrogen-bond acceptors (Lipinski definition) is 4. The molecule has 0 spiro atoms. The van der Waals surface area contributed by atoms with E-state index in [0.717, 1.165) is 44.8 Å². The fraction of sp³-hybridized carbons (Fsp3) is 0.200. The van der Waals surface area contributed by atoms with Crippen molar-refractivity contribution in [3.63, 3.8) is 0 Å². The van der Waals surface area contributed by atoms with Crippen LogP contribution in [0.5, 0.6) is 5.75 Å². The molecule has 0 amide bonds. The Morgan fingerprint density at radius 3 is 2.07 bits per heavy atom. The number of benzene rings is 3. The van der Waals surface area contributed by atoms with Crippen molar-refractivity contribution in [3.05, 3.63) is 101 Å². The number of nitrogens with one attached hydrogen (secondary N) is 1. The van der Waals surface area contributed by atoms with E-state index in [4.69, 9.17) is 4.74 Å². The number of ether oxygens (including phenoxy) is 1. The van der Waals surface area contributed by atoms with Gasteiger partial charge in [-0.15, -0.1) is 0 Å². The highest BCUT2D eigenvalue weighted by molar-refractivity contribution is 5.90. The SMILES string of the molecule is COc1ccc2c(c1)NC(C)(c1ccc(CO)cc1)C=C2c1ccc(CO)cc1. The van der Waals surface area contributed by atoms with Crippen LogP contribution in [0.3, 0.4) is 0 Å².